The predicted octanol–water partition coefficient (Wildman–Crippen LogP) is 0.465. The first kappa shape index (κ1) is 10.3. The van der Waals surface area contributed by atoms with Gasteiger partial charge in [0.15, 0.2) is 0 Å². The van der Waals surface area contributed by atoms with E-state index in [1.807, 2.05) is 0 Å². The van der Waals surface area contributed by atoms with Gasteiger partial charge in [-0.15, -0.1) is 5.10 Å². The summed E-state index contributed by atoms with van der Waals surface area (Å²) in [6, 6.07) is 3.97. The lowest BCUT2D eigenvalue weighted by Crippen LogP contribution is -2.29. The number of nitrogens with one attached hydrogen (secondary N) is 1. The smallest absolute Gasteiger partial charge is 0.278 e. The standard InChI is InChI=1S/C11H11FN4O/c12-7-1-2-10-9(5-7)11(17)16(15-14-10)8-3-4-13-6-8/h1-2,5,8,13H,3-4,6H2/t8-/m0/s1. The van der Waals surface area contributed by atoms with E-state index in [4.69, 9.17) is 0 Å². The van der Waals surface area contributed by atoms with Crippen LogP contribution < -0.4 is 10.9 Å². The lowest BCUT2D eigenvalue weighted by molar-refractivity contribution is 0.448. The second kappa shape index (κ2) is 3.89. The average molecular weight is 234 g/mol. The van der Waals surface area contributed by atoms with Gasteiger partial charge in [0, 0.05) is 6.54 Å². The van der Waals surface area contributed by atoms with Crippen LogP contribution in [-0.4, -0.2) is 28.1 Å². The summed E-state index contributed by atoms with van der Waals surface area (Å²) < 4.78 is 14.5. The highest BCUT2D eigenvalue weighted by atomic mass is 19.1. The molecular weight excluding hydrogens is 223 g/mol. The Bertz CT molecular complexity index is 618. The van der Waals surface area contributed by atoms with Crippen LogP contribution in [0.5, 0.6) is 0 Å². The first-order valence-corrected chi connectivity index (χ1v) is 5.51. The van der Waals surface area contributed by atoms with Crippen molar-refractivity contribution in [3.05, 3.63) is 34.4 Å². The minimum atomic E-state index is -0.432. The van der Waals surface area contributed by atoms with Crippen molar-refractivity contribution in [1.82, 2.24) is 20.3 Å². The molecule has 0 spiro atoms. The fourth-order valence-electron chi connectivity index (χ4n) is 2.11. The predicted molar refractivity (Wildman–Crippen MR) is 60.3 cm³/mol. The maximum Gasteiger partial charge on any atom is 0.278 e. The average Bonchev–Trinajstić information content (AvgIpc) is 2.84. The number of benzene rings is 1. The molecule has 6 heteroatoms. The van der Waals surface area contributed by atoms with Crippen LogP contribution in [0, 0.1) is 5.82 Å². The van der Waals surface area contributed by atoms with Crippen molar-refractivity contribution in [3.63, 3.8) is 0 Å². The Hall–Kier alpha value is -1.82. The fraction of sp³-hybridized carbons (Fsp3) is 0.364. The van der Waals surface area contributed by atoms with Crippen LogP contribution in [0.25, 0.3) is 10.9 Å². The number of halogens is 1. The molecule has 2 aromatic rings. The maximum atomic E-state index is 13.1. The molecule has 0 bridgehead atoms. The Morgan fingerprint density at radius 1 is 1.47 bits per heavy atom. The van der Waals surface area contributed by atoms with Crippen LogP contribution in [-0.2, 0) is 0 Å². The van der Waals surface area contributed by atoms with Crippen LogP contribution >= 0.6 is 0 Å². The van der Waals surface area contributed by atoms with Gasteiger partial charge in [-0.2, -0.15) is 0 Å². The van der Waals surface area contributed by atoms with Crippen molar-refractivity contribution in [2.24, 2.45) is 0 Å². The molecule has 1 saturated heterocycles. The molecule has 2 heterocycles. The Balaban J connectivity index is 2.21. The third kappa shape index (κ3) is 1.70. The zero-order valence-electron chi connectivity index (χ0n) is 9.06. The van der Waals surface area contributed by atoms with Crippen LogP contribution in [0.15, 0.2) is 23.0 Å². The zero-order valence-corrected chi connectivity index (χ0v) is 9.06. The van der Waals surface area contributed by atoms with E-state index < -0.39 is 5.82 Å². The molecule has 3 rings (SSSR count). The molecule has 0 saturated carbocycles. The van der Waals surface area contributed by atoms with Gasteiger partial charge in [0.1, 0.15) is 11.3 Å². The molecule has 1 N–H and O–H groups in total. The van der Waals surface area contributed by atoms with Crippen LogP contribution in [0.3, 0.4) is 0 Å². The maximum absolute atomic E-state index is 13.1. The van der Waals surface area contributed by atoms with E-state index in [-0.39, 0.29) is 17.0 Å². The van der Waals surface area contributed by atoms with Gasteiger partial charge in [0.05, 0.1) is 11.4 Å². The van der Waals surface area contributed by atoms with Gasteiger partial charge in [-0.25, -0.2) is 9.07 Å². The van der Waals surface area contributed by atoms with E-state index in [0.717, 1.165) is 13.0 Å². The normalized spacial score (nSPS) is 19.9. The largest absolute Gasteiger partial charge is 0.315 e. The minimum Gasteiger partial charge on any atom is -0.315 e. The molecule has 0 amide bonds. The van der Waals surface area contributed by atoms with Gasteiger partial charge in [0.25, 0.3) is 5.56 Å². The van der Waals surface area contributed by atoms with Crippen molar-refractivity contribution in [1.29, 1.82) is 0 Å². The second-order valence-corrected chi connectivity index (χ2v) is 4.15. The molecule has 1 aromatic heterocycles. The quantitative estimate of drug-likeness (QED) is 0.779. The SMILES string of the molecule is O=c1c2cc(F)ccc2nnn1[C@H]1CCNC1. The first-order valence-electron chi connectivity index (χ1n) is 5.51. The summed E-state index contributed by atoms with van der Waals surface area (Å²) in [7, 11) is 0. The van der Waals surface area contributed by atoms with E-state index in [2.05, 4.69) is 15.6 Å². The minimum absolute atomic E-state index is 0.0164. The highest BCUT2D eigenvalue weighted by molar-refractivity contribution is 5.76. The van der Waals surface area contributed by atoms with Crippen molar-refractivity contribution < 1.29 is 4.39 Å². The van der Waals surface area contributed by atoms with Gasteiger partial charge in [-0.05, 0) is 31.2 Å². The van der Waals surface area contributed by atoms with Gasteiger partial charge < -0.3 is 5.32 Å². The van der Waals surface area contributed by atoms with Gasteiger partial charge in [-0.1, -0.05) is 5.21 Å². The van der Waals surface area contributed by atoms with Crippen molar-refractivity contribution >= 4 is 10.9 Å². The van der Waals surface area contributed by atoms with Crippen molar-refractivity contribution in [2.75, 3.05) is 13.1 Å². The monoisotopic (exact) mass is 234 g/mol. The Morgan fingerprint density at radius 2 is 2.35 bits per heavy atom. The molecule has 17 heavy (non-hydrogen) atoms. The molecule has 1 aliphatic heterocycles. The Kier molecular flexibility index (Phi) is 2.36. The van der Waals surface area contributed by atoms with Gasteiger partial charge in [0.2, 0.25) is 0 Å². The molecule has 5 nitrogen and oxygen atoms in total. The fourth-order valence-corrected chi connectivity index (χ4v) is 2.11. The molecule has 88 valence electrons. The van der Waals surface area contributed by atoms with E-state index in [0.29, 0.717) is 12.1 Å². The third-order valence-corrected chi connectivity index (χ3v) is 3.03. The molecule has 0 radical (unpaired) electrons. The molecule has 0 unspecified atom stereocenters. The van der Waals surface area contributed by atoms with Gasteiger partial charge in [-0.3, -0.25) is 4.79 Å². The number of hydrogen-bond acceptors (Lipinski definition) is 4. The molecule has 1 fully saturated rings. The first-order chi connectivity index (χ1) is 8.25. The lowest BCUT2D eigenvalue weighted by Gasteiger charge is -2.10. The lowest BCUT2D eigenvalue weighted by atomic mass is 10.2. The summed E-state index contributed by atoms with van der Waals surface area (Å²) in [5.41, 5.74) is 0.154. The van der Waals surface area contributed by atoms with Gasteiger partial charge >= 0.3 is 0 Å². The summed E-state index contributed by atoms with van der Waals surface area (Å²) in [6.07, 6.45) is 0.843. The molecular formula is C11H11FN4O. The van der Waals surface area contributed by atoms with Crippen molar-refractivity contribution in [2.45, 2.75) is 12.5 Å². The highest BCUT2D eigenvalue weighted by Gasteiger charge is 2.20. The van der Waals surface area contributed by atoms with Crippen LogP contribution in [0.4, 0.5) is 4.39 Å². The summed E-state index contributed by atoms with van der Waals surface area (Å²) in [5.74, 6) is -0.432. The Labute approximate surface area is 96.2 Å². The number of aromatic nitrogens is 3. The topological polar surface area (TPSA) is 59.8 Å². The summed E-state index contributed by atoms with van der Waals surface area (Å²) >= 11 is 0. The van der Waals surface area contributed by atoms with Crippen LogP contribution in [0.2, 0.25) is 0 Å². The van der Waals surface area contributed by atoms with E-state index >= 15 is 0 Å². The molecule has 0 aliphatic carbocycles. The summed E-state index contributed by atoms with van der Waals surface area (Å²) in [5, 5.41) is 11.3. The number of hydrogen-bond donors (Lipinski definition) is 1. The van der Waals surface area contributed by atoms with E-state index in [1.54, 1.807) is 0 Å². The van der Waals surface area contributed by atoms with Crippen LogP contribution in [0.1, 0.15) is 12.5 Å². The number of rotatable bonds is 1. The second-order valence-electron chi connectivity index (χ2n) is 4.15. The molecule has 1 aliphatic rings. The van der Waals surface area contributed by atoms with E-state index in [1.165, 1.54) is 22.9 Å². The number of fused-ring (bicyclic) bond motifs is 1. The molecule has 1 atom stereocenters. The van der Waals surface area contributed by atoms with E-state index in [9.17, 15) is 9.18 Å². The number of nitrogens with zero attached hydrogens (tertiary/aromatic N) is 3. The third-order valence-electron chi connectivity index (χ3n) is 3.03. The summed E-state index contributed by atoms with van der Waals surface area (Å²) in [4.78, 5) is 12.1. The van der Waals surface area contributed by atoms with Crippen molar-refractivity contribution in [3.8, 4) is 0 Å². The highest BCUT2D eigenvalue weighted by Crippen LogP contribution is 2.13. The summed E-state index contributed by atoms with van der Waals surface area (Å²) in [6.45, 7) is 1.56. The molecule has 1 aromatic carbocycles. The zero-order chi connectivity index (χ0) is 11.8. The Morgan fingerprint density at radius 3 is 3.12 bits per heavy atom.